The number of likely N-dealkylation sites (tertiary alicyclic amines) is 1. The van der Waals surface area contributed by atoms with Crippen LogP contribution in [0.3, 0.4) is 0 Å². The first-order chi connectivity index (χ1) is 14.7. The fourth-order valence-corrected chi connectivity index (χ4v) is 4.15. The number of fused-ring (bicyclic) bond motifs is 1. The Bertz CT molecular complexity index is 1000. The zero-order valence-electron chi connectivity index (χ0n) is 17.9. The second-order valence-corrected chi connectivity index (χ2v) is 8.03. The van der Waals surface area contributed by atoms with Crippen LogP contribution in [0.5, 0.6) is 11.5 Å². The lowest BCUT2D eigenvalue weighted by molar-refractivity contribution is 0.189. The van der Waals surface area contributed by atoms with Gasteiger partial charge in [0.25, 0.3) is 0 Å². The van der Waals surface area contributed by atoms with Crippen molar-refractivity contribution in [2.75, 3.05) is 33.4 Å². The molecule has 2 aromatic carbocycles. The van der Waals surface area contributed by atoms with E-state index in [1.165, 1.54) is 0 Å². The third-order valence-electron chi connectivity index (χ3n) is 5.91. The highest BCUT2D eigenvalue weighted by Crippen LogP contribution is 2.33. The van der Waals surface area contributed by atoms with Crippen molar-refractivity contribution in [3.05, 3.63) is 60.3 Å². The molecule has 0 amide bonds. The van der Waals surface area contributed by atoms with Gasteiger partial charge in [-0.3, -0.25) is 0 Å². The number of piperidine rings is 1. The fourth-order valence-electron chi connectivity index (χ4n) is 4.15. The number of allylic oxidation sites excluding steroid dienone is 1. The van der Waals surface area contributed by atoms with Crippen molar-refractivity contribution in [2.45, 2.75) is 32.1 Å². The molecule has 0 saturated carbocycles. The van der Waals surface area contributed by atoms with Crippen LogP contribution in [0, 0.1) is 0 Å². The summed E-state index contributed by atoms with van der Waals surface area (Å²) in [5, 5.41) is 5.52. The van der Waals surface area contributed by atoms with Gasteiger partial charge in [0.1, 0.15) is 0 Å². The average Bonchev–Trinajstić information content (AvgIpc) is 3.21. The molecule has 5 nitrogen and oxygen atoms in total. The monoisotopic (exact) mass is 406 g/mol. The van der Waals surface area contributed by atoms with E-state index in [1.54, 1.807) is 7.11 Å². The summed E-state index contributed by atoms with van der Waals surface area (Å²) in [4.78, 5) is 2.52. The highest BCUT2D eigenvalue weighted by atomic mass is 16.5. The Balaban J connectivity index is 1.23. The molecule has 1 fully saturated rings. The minimum atomic E-state index is 0.484. The summed E-state index contributed by atoms with van der Waals surface area (Å²) >= 11 is 0. The van der Waals surface area contributed by atoms with Crippen molar-refractivity contribution in [3.63, 3.8) is 0 Å². The molecule has 4 rings (SSSR count). The average molecular weight is 407 g/mol. The molecule has 158 valence electrons. The summed E-state index contributed by atoms with van der Waals surface area (Å²) in [6.45, 7) is 9.86. The summed E-state index contributed by atoms with van der Waals surface area (Å²) in [6, 6.07) is 14.1. The number of nitrogens with zero attached hydrogens (tertiary/aromatic N) is 2. The number of ether oxygens (including phenoxy) is 2. The molecular formula is C25H30N2O3. The molecule has 3 aromatic rings. The third kappa shape index (κ3) is 4.51. The topological polar surface area (TPSA) is 47.7 Å². The van der Waals surface area contributed by atoms with Crippen LogP contribution < -0.4 is 9.47 Å². The lowest BCUT2D eigenvalue weighted by Gasteiger charge is -2.31. The Morgan fingerprint density at radius 2 is 1.97 bits per heavy atom. The molecule has 0 spiro atoms. The molecule has 1 aromatic heterocycles. The van der Waals surface area contributed by atoms with Gasteiger partial charge in [0.05, 0.1) is 19.4 Å². The zero-order valence-corrected chi connectivity index (χ0v) is 17.9. The molecule has 30 heavy (non-hydrogen) atoms. The van der Waals surface area contributed by atoms with Crippen molar-refractivity contribution in [2.24, 2.45) is 0 Å². The van der Waals surface area contributed by atoms with Crippen molar-refractivity contribution in [1.82, 2.24) is 10.1 Å². The van der Waals surface area contributed by atoms with Crippen LogP contribution in [-0.4, -0.2) is 43.4 Å². The van der Waals surface area contributed by atoms with Crippen LogP contribution in [0.2, 0.25) is 0 Å². The predicted octanol–water partition coefficient (Wildman–Crippen LogP) is 5.52. The van der Waals surface area contributed by atoms with Gasteiger partial charge in [-0.25, -0.2) is 0 Å². The molecule has 0 aliphatic carbocycles. The number of rotatable bonds is 8. The largest absolute Gasteiger partial charge is 0.493 e. The van der Waals surface area contributed by atoms with E-state index in [-0.39, 0.29) is 0 Å². The maximum absolute atomic E-state index is 5.98. The Kier molecular flexibility index (Phi) is 6.38. The Hall–Kier alpha value is -2.79. The number of hydrogen-bond acceptors (Lipinski definition) is 5. The molecule has 1 aliphatic rings. The van der Waals surface area contributed by atoms with Gasteiger partial charge in [0.15, 0.2) is 17.1 Å². The van der Waals surface area contributed by atoms with Gasteiger partial charge in [-0.1, -0.05) is 35.5 Å². The molecule has 0 bridgehead atoms. The number of para-hydroxylation sites is 1. The molecule has 5 heteroatoms. The summed E-state index contributed by atoms with van der Waals surface area (Å²) in [6.07, 6.45) is 3.23. The molecular weight excluding hydrogens is 376 g/mol. The lowest BCUT2D eigenvalue weighted by atomic mass is 9.91. The number of benzene rings is 2. The van der Waals surface area contributed by atoms with Crippen LogP contribution in [0.4, 0.5) is 0 Å². The van der Waals surface area contributed by atoms with E-state index in [0.29, 0.717) is 12.5 Å². The van der Waals surface area contributed by atoms with Gasteiger partial charge in [-0.2, -0.15) is 0 Å². The number of methoxy groups -OCH3 is 1. The molecule has 0 radical (unpaired) electrons. The summed E-state index contributed by atoms with van der Waals surface area (Å²) in [5.41, 5.74) is 4.10. The fraction of sp³-hybridized carbons (Fsp3) is 0.400. The molecule has 0 N–H and O–H groups in total. The maximum Gasteiger partial charge on any atom is 0.167 e. The maximum atomic E-state index is 5.98. The third-order valence-corrected chi connectivity index (χ3v) is 5.91. The summed E-state index contributed by atoms with van der Waals surface area (Å²) in [7, 11) is 1.67. The smallest absolute Gasteiger partial charge is 0.167 e. The van der Waals surface area contributed by atoms with Gasteiger partial charge < -0.3 is 18.9 Å². The molecule has 2 heterocycles. The second-order valence-electron chi connectivity index (χ2n) is 8.03. The van der Waals surface area contributed by atoms with Crippen LogP contribution in [-0.2, 0) is 0 Å². The van der Waals surface area contributed by atoms with E-state index >= 15 is 0 Å². The predicted molar refractivity (Wildman–Crippen MR) is 120 cm³/mol. The Labute approximate surface area is 178 Å². The zero-order chi connectivity index (χ0) is 20.9. The first kappa shape index (κ1) is 20.5. The van der Waals surface area contributed by atoms with Crippen LogP contribution >= 0.6 is 0 Å². The molecule has 0 unspecified atom stereocenters. The number of hydrogen-bond donors (Lipinski definition) is 0. The highest BCUT2D eigenvalue weighted by molar-refractivity contribution is 5.79. The SMILES string of the molecule is C=C(C)c1ccc(OCCCN2CCC(c3noc4ccccc34)CC2)c(OC)c1. The first-order valence-corrected chi connectivity index (χ1v) is 10.7. The minimum Gasteiger partial charge on any atom is -0.493 e. The van der Waals surface area contributed by atoms with E-state index < -0.39 is 0 Å². The quantitative estimate of drug-likeness (QED) is 0.461. The highest BCUT2D eigenvalue weighted by Gasteiger charge is 2.24. The summed E-state index contributed by atoms with van der Waals surface area (Å²) < 4.78 is 16.9. The summed E-state index contributed by atoms with van der Waals surface area (Å²) in [5.74, 6) is 2.03. The van der Waals surface area contributed by atoms with Crippen LogP contribution in [0.15, 0.2) is 53.6 Å². The Morgan fingerprint density at radius 3 is 2.73 bits per heavy atom. The van der Waals surface area contributed by atoms with Crippen molar-refractivity contribution < 1.29 is 14.0 Å². The van der Waals surface area contributed by atoms with Gasteiger partial charge in [0.2, 0.25) is 0 Å². The van der Waals surface area contributed by atoms with E-state index in [9.17, 15) is 0 Å². The van der Waals surface area contributed by atoms with Crippen molar-refractivity contribution >= 4 is 16.5 Å². The Morgan fingerprint density at radius 1 is 1.17 bits per heavy atom. The molecule has 0 atom stereocenters. The normalized spacial score (nSPS) is 15.4. The van der Waals surface area contributed by atoms with Crippen LogP contribution in [0.1, 0.15) is 43.4 Å². The van der Waals surface area contributed by atoms with Crippen molar-refractivity contribution in [3.8, 4) is 11.5 Å². The number of aromatic nitrogens is 1. The van der Waals surface area contributed by atoms with Crippen LogP contribution in [0.25, 0.3) is 16.5 Å². The van der Waals surface area contributed by atoms with E-state index in [0.717, 1.165) is 78.2 Å². The molecule has 1 aliphatic heterocycles. The van der Waals surface area contributed by atoms with Crippen molar-refractivity contribution in [1.29, 1.82) is 0 Å². The van der Waals surface area contributed by atoms with Gasteiger partial charge in [0, 0.05) is 17.8 Å². The minimum absolute atomic E-state index is 0.484. The lowest BCUT2D eigenvalue weighted by Crippen LogP contribution is -2.34. The van der Waals surface area contributed by atoms with E-state index in [2.05, 4.69) is 28.8 Å². The van der Waals surface area contributed by atoms with Gasteiger partial charge >= 0.3 is 0 Å². The van der Waals surface area contributed by atoms with E-state index in [1.807, 2.05) is 37.3 Å². The standard InChI is InChI=1S/C25H30N2O3/c1-18(2)20-9-10-23(24(17-20)28-3)29-16-6-13-27-14-11-19(12-15-27)25-21-7-4-5-8-22(21)30-26-25/h4-5,7-10,17,19H,1,6,11-16H2,2-3H3. The molecule has 1 saturated heterocycles. The second kappa shape index (κ2) is 9.35. The first-order valence-electron chi connectivity index (χ1n) is 10.7. The van der Waals surface area contributed by atoms with Gasteiger partial charge in [-0.15, -0.1) is 0 Å². The van der Waals surface area contributed by atoms with E-state index in [4.69, 9.17) is 14.0 Å². The van der Waals surface area contributed by atoms with Gasteiger partial charge in [-0.05, 0) is 69.1 Å².